The molecular weight excluding hydrogens is 574 g/mol. The second-order valence-corrected chi connectivity index (χ2v) is 11.2. The van der Waals surface area contributed by atoms with Gasteiger partial charge in [0.2, 0.25) is 5.91 Å². The molecule has 1 N–H and O–H groups in total. The number of carbonyl (C=O) groups is 4. The van der Waals surface area contributed by atoms with Crippen molar-refractivity contribution in [3.8, 4) is 0 Å². The molecule has 2 rings (SSSR count). The van der Waals surface area contributed by atoms with Gasteiger partial charge in [-0.1, -0.05) is 38.0 Å². The van der Waals surface area contributed by atoms with E-state index < -0.39 is 0 Å². The maximum absolute atomic E-state index is 11.9. The molecule has 3 amide bonds. The Bertz CT molecular complexity index is 980. The number of benzene rings is 1. The van der Waals surface area contributed by atoms with Crippen molar-refractivity contribution >= 4 is 23.9 Å². The van der Waals surface area contributed by atoms with Gasteiger partial charge < -0.3 is 29.3 Å². The van der Waals surface area contributed by atoms with Gasteiger partial charge in [0.05, 0.1) is 13.0 Å². The Morgan fingerprint density at radius 3 is 2.24 bits per heavy atom. The van der Waals surface area contributed by atoms with Gasteiger partial charge in [-0.05, 0) is 85.3 Å². The topological polar surface area (TPSA) is 117 Å². The molecule has 0 spiro atoms. The van der Waals surface area contributed by atoms with Gasteiger partial charge in [0.1, 0.15) is 6.10 Å². The molecule has 0 aromatic heterocycles. The van der Waals surface area contributed by atoms with E-state index in [1.54, 1.807) is 16.7 Å². The number of ether oxygens (including phenoxy) is 2. The summed E-state index contributed by atoms with van der Waals surface area (Å²) in [6.07, 6.45) is 6.73. The molecule has 0 saturated carbocycles. The number of hydrogen-bond donors (Lipinski definition) is 1. The number of aryl methyl sites for hydroxylation is 1. The molecule has 2 unspecified atom stereocenters. The first-order chi connectivity index (χ1) is 21.5. The number of nitrogens with zero attached hydrogens (tertiary/aromatic N) is 3. The standard InChI is InChI=1S/C12H23NO3.C12H17NO.C11H21NO3/c1-3-10(2)16-12(15)13-8-5-4-6-11(13)7-9-14;1-4-13(5-2)12(14)11-8-6-7-10(3)9-11;1-4-6-8-12(10(3)13)9-7-11(14)15-5-2/h10-11,14H,3-9H2,1-2H3;6-9H,4-5H2,1-3H3;4-9H2,1-3H3. The summed E-state index contributed by atoms with van der Waals surface area (Å²) in [5.74, 6) is -0.0910. The van der Waals surface area contributed by atoms with Crippen molar-refractivity contribution < 1.29 is 33.8 Å². The number of likely N-dealkylation sites (tertiary alicyclic amines) is 1. The lowest BCUT2D eigenvalue weighted by molar-refractivity contribution is -0.144. The molecule has 10 heteroatoms. The number of aliphatic hydroxyl groups excluding tert-OH is 1. The highest BCUT2D eigenvalue weighted by Gasteiger charge is 2.28. The largest absolute Gasteiger partial charge is 0.466 e. The van der Waals surface area contributed by atoms with Crippen molar-refractivity contribution in [3.63, 3.8) is 0 Å². The molecule has 2 atom stereocenters. The number of amides is 3. The van der Waals surface area contributed by atoms with Gasteiger partial charge in [0, 0.05) is 57.9 Å². The maximum atomic E-state index is 11.9. The van der Waals surface area contributed by atoms with E-state index in [4.69, 9.17) is 14.6 Å². The minimum absolute atomic E-state index is 0.0211. The fourth-order valence-corrected chi connectivity index (χ4v) is 4.72. The zero-order chi connectivity index (χ0) is 34.2. The zero-order valence-electron chi connectivity index (χ0n) is 29.3. The van der Waals surface area contributed by atoms with E-state index in [0.29, 0.717) is 19.6 Å². The molecule has 1 saturated heterocycles. The fourth-order valence-electron chi connectivity index (χ4n) is 4.72. The summed E-state index contributed by atoms with van der Waals surface area (Å²) in [6, 6.07) is 7.88. The molecule has 1 heterocycles. The molecule has 1 fully saturated rings. The van der Waals surface area contributed by atoms with E-state index in [9.17, 15) is 19.2 Å². The van der Waals surface area contributed by atoms with Crippen LogP contribution in [0, 0.1) is 6.92 Å². The summed E-state index contributed by atoms with van der Waals surface area (Å²) in [5, 5.41) is 8.97. The van der Waals surface area contributed by atoms with E-state index in [2.05, 4.69) is 6.92 Å². The molecule has 1 aromatic carbocycles. The van der Waals surface area contributed by atoms with Crippen molar-refractivity contribution in [3.05, 3.63) is 35.4 Å². The number of hydrogen-bond acceptors (Lipinski definition) is 7. The van der Waals surface area contributed by atoms with E-state index in [0.717, 1.165) is 75.8 Å². The van der Waals surface area contributed by atoms with Crippen LogP contribution in [0.5, 0.6) is 0 Å². The molecule has 0 aliphatic carbocycles. The van der Waals surface area contributed by atoms with Crippen molar-refractivity contribution in [1.82, 2.24) is 14.7 Å². The van der Waals surface area contributed by atoms with E-state index in [1.165, 1.54) is 6.92 Å². The summed E-state index contributed by atoms with van der Waals surface area (Å²) in [4.78, 5) is 51.3. The molecule has 258 valence electrons. The smallest absolute Gasteiger partial charge is 0.410 e. The molecule has 10 nitrogen and oxygen atoms in total. The number of piperidine rings is 1. The molecule has 0 bridgehead atoms. The van der Waals surface area contributed by atoms with Crippen LogP contribution in [0.15, 0.2) is 24.3 Å². The van der Waals surface area contributed by atoms with Crippen LogP contribution in [0.3, 0.4) is 0 Å². The monoisotopic (exact) mass is 635 g/mol. The third-order valence-electron chi connectivity index (χ3n) is 7.63. The summed E-state index contributed by atoms with van der Waals surface area (Å²) in [7, 11) is 0. The molecule has 1 aliphatic heterocycles. The van der Waals surface area contributed by atoms with Crippen LogP contribution in [0.25, 0.3) is 0 Å². The quantitative estimate of drug-likeness (QED) is 0.241. The van der Waals surface area contributed by atoms with Crippen molar-refractivity contribution in [2.24, 2.45) is 0 Å². The molecule has 1 aliphatic rings. The third kappa shape index (κ3) is 17.8. The van der Waals surface area contributed by atoms with Crippen LogP contribution in [-0.4, -0.2) is 102 Å². The normalized spacial score (nSPS) is 14.5. The van der Waals surface area contributed by atoms with Crippen LogP contribution in [-0.2, 0) is 19.1 Å². The molecule has 1 aromatic rings. The second kappa shape index (κ2) is 25.1. The Morgan fingerprint density at radius 1 is 1.02 bits per heavy atom. The van der Waals surface area contributed by atoms with E-state index in [-0.39, 0.29) is 49.1 Å². The van der Waals surface area contributed by atoms with Crippen LogP contribution >= 0.6 is 0 Å². The maximum Gasteiger partial charge on any atom is 0.410 e. The summed E-state index contributed by atoms with van der Waals surface area (Å²) < 4.78 is 10.1. The van der Waals surface area contributed by atoms with Crippen LogP contribution < -0.4 is 0 Å². The third-order valence-corrected chi connectivity index (χ3v) is 7.63. The Hall–Kier alpha value is -3.14. The fraction of sp³-hybridized carbons (Fsp3) is 0.714. The SMILES string of the molecule is CCC(C)OC(=O)N1CCCCC1CCO.CCCCN(CCC(=O)OCC)C(C)=O.CCN(CC)C(=O)c1cccc(C)c1. The average molecular weight is 636 g/mol. The minimum Gasteiger partial charge on any atom is -0.466 e. The second-order valence-electron chi connectivity index (χ2n) is 11.2. The number of esters is 1. The van der Waals surface area contributed by atoms with Crippen molar-refractivity contribution in [1.29, 1.82) is 0 Å². The molecule has 0 radical (unpaired) electrons. The highest BCUT2D eigenvalue weighted by Crippen LogP contribution is 2.21. The Balaban J connectivity index is 0.000000647. The Kier molecular flexibility index (Phi) is 23.3. The van der Waals surface area contributed by atoms with Gasteiger partial charge in [0.25, 0.3) is 5.91 Å². The predicted octanol–water partition coefficient (Wildman–Crippen LogP) is 6.22. The van der Waals surface area contributed by atoms with Gasteiger partial charge in [-0.2, -0.15) is 0 Å². The van der Waals surface area contributed by atoms with Gasteiger partial charge in [-0.25, -0.2) is 4.79 Å². The number of aliphatic hydroxyl groups is 1. The van der Waals surface area contributed by atoms with E-state index >= 15 is 0 Å². The number of carbonyl (C=O) groups excluding carboxylic acids is 4. The van der Waals surface area contributed by atoms with E-state index in [1.807, 2.05) is 63.8 Å². The lowest BCUT2D eigenvalue weighted by Gasteiger charge is -2.35. The van der Waals surface area contributed by atoms with Crippen LogP contribution in [0.4, 0.5) is 4.79 Å². The lowest BCUT2D eigenvalue weighted by atomic mass is 10.0. The minimum atomic E-state index is -0.236. The van der Waals surface area contributed by atoms with Gasteiger partial charge in [0.15, 0.2) is 0 Å². The zero-order valence-corrected chi connectivity index (χ0v) is 29.3. The lowest BCUT2D eigenvalue weighted by Crippen LogP contribution is -2.45. The Morgan fingerprint density at radius 2 is 1.71 bits per heavy atom. The van der Waals surface area contributed by atoms with Gasteiger partial charge in [-0.15, -0.1) is 0 Å². The molecular formula is C35H61N3O7. The number of unbranched alkanes of at least 4 members (excludes halogenated alkanes) is 1. The van der Waals surface area contributed by atoms with Gasteiger partial charge >= 0.3 is 12.1 Å². The van der Waals surface area contributed by atoms with Gasteiger partial charge in [-0.3, -0.25) is 14.4 Å². The first kappa shape index (κ1) is 41.9. The highest BCUT2D eigenvalue weighted by atomic mass is 16.6. The molecule has 45 heavy (non-hydrogen) atoms. The first-order valence-corrected chi connectivity index (χ1v) is 16.8. The first-order valence-electron chi connectivity index (χ1n) is 16.8. The average Bonchev–Trinajstić information content (AvgIpc) is 3.02. The van der Waals surface area contributed by atoms with Crippen molar-refractivity contribution in [2.75, 3.05) is 45.9 Å². The highest BCUT2D eigenvalue weighted by molar-refractivity contribution is 5.94. The summed E-state index contributed by atoms with van der Waals surface area (Å²) in [5.41, 5.74) is 1.91. The van der Waals surface area contributed by atoms with Crippen LogP contribution in [0.1, 0.15) is 116 Å². The summed E-state index contributed by atoms with van der Waals surface area (Å²) >= 11 is 0. The summed E-state index contributed by atoms with van der Waals surface area (Å²) in [6.45, 7) is 19.3. The Labute approximate surface area is 272 Å². The predicted molar refractivity (Wildman–Crippen MR) is 179 cm³/mol. The van der Waals surface area contributed by atoms with Crippen LogP contribution in [0.2, 0.25) is 0 Å². The van der Waals surface area contributed by atoms with Crippen molar-refractivity contribution in [2.45, 2.75) is 119 Å². The number of rotatable bonds is 14.